The van der Waals surface area contributed by atoms with Crippen LogP contribution in [0, 0.1) is 0 Å². The van der Waals surface area contributed by atoms with E-state index in [0.717, 1.165) is 17.5 Å². The number of ether oxygens (including phenoxy) is 2. The third kappa shape index (κ3) is 4.69. The molecule has 142 valence electrons. The largest absolute Gasteiger partial charge is 0.385 e. The smallest absolute Gasteiger partial charge is 0.254 e. The van der Waals surface area contributed by atoms with Gasteiger partial charge in [0, 0.05) is 50.3 Å². The predicted octanol–water partition coefficient (Wildman–Crippen LogP) is 1.72. The summed E-state index contributed by atoms with van der Waals surface area (Å²) in [5.74, 6) is -0.539. The van der Waals surface area contributed by atoms with Gasteiger partial charge in [0.25, 0.3) is 5.91 Å². The second kappa shape index (κ2) is 8.75. The molecule has 0 spiro atoms. The zero-order valence-electron chi connectivity index (χ0n) is 15.3. The standard InChI is InChI=1S/C20H23N3O4/c1-26-8-6-18-13-23(7-9-27-18)20(25)15-4-2-14(3-5-15)16-10-17(19(21)24)12-22-11-16/h2-5,10-12,18H,6-9,13H2,1H3,(H2,21,24)/t18-/m0/s1. The number of rotatable bonds is 6. The SMILES string of the molecule is COCC[C@H]1CN(C(=O)c2ccc(-c3cncc(C(N)=O)c3)cc2)CCO1. The maximum atomic E-state index is 12.8. The highest BCUT2D eigenvalue weighted by Gasteiger charge is 2.24. The molecule has 2 aromatic rings. The van der Waals surface area contributed by atoms with Crippen LogP contribution in [-0.4, -0.2) is 61.2 Å². The number of carbonyl (C=O) groups is 2. The van der Waals surface area contributed by atoms with Gasteiger partial charge in [-0.15, -0.1) is 0 Å². The Balaban J connectivity index is 1.70. The van der Waals surface area contributed by atoms with E-state index in [1.807, 2.05) is 17.0 Å². The molecule has 0 aliphatic carbocycles. The fourth-order valence-electron chi connectivity index (χ4n) is 3.05. The number of primary amides is 1. The van der Waals surface area contributed by atoms with E-state index in [4.69, 9.17) is 15.2 Å². The number of aromatic nitrogens is 1. The van der Waals surface area contributed by atoms with Gasteiger partial charge < -0.3 is 20.1 Å². The molecule has 2 heterocycles. The number of nitrogens with two attached hydrogens (primary N) is 1. The lowest BCUT2D eigenvalue weighted by molar-refractivity contribution is -0.0332. The summed E-state index contributed by atoms with van der Waals surface area (Å²) in [6, 6.07) is 8.95. The highest BCUT2D eigenvalue weighted by Crippen LogP contribution is 2.21. The number of pyridine rings is 1. The first-order chi connectivity index (χ1) is 13.1. The van der Waals surface area contributed by atoms with Crippen LogP contribution in [0.2, 0.25) is 0 Å². The Morgan fingerprint density at radius 3 is 2.70 bits per heavy atom. The molecule has 1 aliphatic rings. The molecule has 1 saturated heterocycles. The number of carbonyl (C=O) groups excluding carboxylic acids is 2. The lowest BCUT2D eigenvalue weighted by Crippen LogP contribution is -2.45. The van der Waals surface area contributed by atoms with Gasteiger partial charge in [0.1, 0.15) is 0 Å². The molecular formula is C20H23N3O4. The number of benzene rings is 1. The molecule has 2 amide bonds. The fraction of sp³-hybridized carbons (Fsp3) is 0.350. The molecule has 0 unspecified atom stereocenters. The molecule has 0 saturated carbocycles. The number of methoxy groups -OCH3 is 1. The van der Waals surface area contributed by atoms with Crippen molar-refractivity contribution in [3.05, 3.63) is 53.9 Å². The zero-order valence-corrected chi connectivity index (χ0v) is 15.3. The van der Waals surface area contributed by atoms with Gasteiger partial charge in [0.05, 0.1) is 18.3 Å². The quantitative estimate of drug-likeness (QED) is 0.837. The van der Waals surface area contributed by atoms with Crippen molar-refractivity contribution in [1.29, 1.82) is 0 Å². The Kier molecular flexibility index (Phi) is 6.16. The van der Waals surface area contributed by atoms with Gasteiger partial charge in [0.2, 0.25) is 5.91 Å². The van der Waals surface area contributed by atoms with Crippen LogP contribution in [0.4, 0.5) is 0 Å². The monoisotopic (exact) mass is 369 g/mol. The first kappa shape index (κ1) is 19.0. The third-order valence-electron chi connectivity index (χ3n) is 4.56. The lowest BCUT2D eigenvalue weighted by Gasteiger charge is -2.33. The van der Waals surface area contributed by atoms with E-state index >= 15 is 0 Å². The molecule has 1 fully saturated rings. The van der Waals surface area contributed by atoms with E-state index in [1.54, 1.807) is 31.5 Å². The van der Waals surface area contributed by atoms with E-state index < -0.39 is 5.91 Å². The van der Waals surface area contributed by atoms with Crippen molar-refractivity contribution in [2.45, 2.75) is 12.5 Å². The summed E-state index contributed by atoms with van der Waals surface area (Å²) in [6.07, 6.45) is 3.86. The molecule has 1 aromatic heterocycles. The van der Waals surface area contributed by atoms with Crippen molar-refractivity contribution in [2.24, 2.45) is 5.73 Å². The van der Waals surface area contributed by atoms with E-state index in [9.17, 15) is 9.59 Å². The van der Waals surface area contributed by atoms with Crippen LogP contribution >= 0.6 is 0 Å². The molecule has 2 N–H and O–H groups in total. The second-order valence-corrected chi connectivity index (χ2v) is 6.43. The average Bonchev–Trinajstić information content (AvgIpc) is 2.72. The third-order valence-corrected chi connectivity index (χ3v) is 4.56. The van der Waals surface area contributed by atoms with Gasteiger partial charge in [-0.3, -0.25) is 14.6 Å². The predicted molar refractivity (Wildman–Crippen MR) is 100 cm³/mol. The summed E-state index contributed by atoms with van der Waals surface area (Å²) < 4.78 is 10.8. The van der Waals surface area contributed by atoms with Crippen molar-refractivity contribution in [3.8, 4) is 11.1 Å². The van der Waals surface area contributed by atoms with Crippen molar-refractivity contribution >= 4 is 11.8 Å². The van der Waals surface area contributed by atoms with Gasteiger partial charge >= 0.3 is 0 Å². The van der Waals surface area contributed by atoms with E-state index in [0.29, 0.717) is 37.4 Å². The Morgan fingerprint density at radius 2 is 2.00 bits per heavy atom. The number of nitrogens with zero attached hydrogens (tertiary/aromatic N) is 2. The molecule has 7 nitrogen and oxygen atoms in total. The molecular weight excluding hydrogens is 346 g/mol. The Bertz CT molecular complexity index is 807. The first-order valence-corrected chi connectivity index (χ1v) is 8.83. The summed E-state index contributed by atoms with van der Waals surface area (Å²) in [7, 11) is 1.65. The molecule has 1 aliphatic heterocycles. The zero-order chi connectivity index (χ0) is 19.2. The molecule has 1 aromatic carbocycles. The van der Waals surface area contributed by atoms with E-state index in [-0.39, 0.29) is 12.0 Å². The van der Waals surface area contributed by atoms with Crippen LogP contribution in [0.15, 0.2) is 42.7 Å². The number of amides is 2. The molecule has 3 rings (SSSR count). The minimum Gasteiger partial charge on any atom is -0.385 e. The molecule has 0 radical (unpaired) electrons. The van der Waals surface area contributed by atoms with Crippen LogP contribution in [0.25, 0.3) is 11.1 Å². The molecule has 0 bridgehead atoms. The summed E-state index contributed by atoms with van der Waals surface area (Å²) in [4.78, 5) is 29.9. The Morgan fingerprint density at radius 1 is 1.22 bits per heavy atom. The lowest BCUT2D eigenvalue weighted by atomic mass is 10.0. The maximum Gasteiger partial charge on any atom is 0.254 e. The first-order valence-electron chi connectivity index (χ1n) is 8.83. The van der Waals surface area contributed by atoms with Crippen LogP contribution in [0.3, 0.4) is 0 Å². The van der Waals surface area contributed by atoms with E-state index in [1.165, 1.54) is 6.20 Å². The highest BCUT2D eigenvalue weighted by molar-refractivity contribution is 5.95. The summed E-state index contributed by atoms with van der Waals surface area (Å²) in [5, 5.41) is 0. The average molecular weight is 369 g/mol. The number of hydrogen-bond donors (Lipinski definition) is 1. The molecule has 27 heavy (non-hydrogen) atoms. The van der Waals surface area contributed by atoms with Crippen LogP contribution < -0.4 is 5.73 Å². The van der Waals surface area contributed by atoms with Crippen LogP contribution in [-0.2, 0) is 9.47 Å². The maximum absolute atomic E-state index is 12.8. The van der Waals surface area contributed by atoms with Crippen molar-refractivity contribution < 1.29 is 19.1 Å². The Labute approximate surface area is 158 Å². The normalized spacial score (nSPS) is 16.9. The molecule has 7 heteroatoms. The summed E-state index contributed by atoms with van der Waals surface area (Å²) in [5.41, 5.74) is 7.90. The van der Waals surface area contributed by atoms with Gasteiger partial charge in [-0.25, -0.2) is 0 Å². The summed E-state index contributed by atoms with van der Waals surface area (Å²) in [6.45, 7) is 2.28. The summed E-state index contributed by atoms with van der Waals surface area (Å²) >= 11 is 0. The Hall–Kier alpha value is -2.77. The van der Waals surface area contributed by atoms with Crippen molar-refractivity contribution in [3.63, 3.8) is 0 Å². The topological polar surface area (TPSA) is 94.8 Å². The van der Waals surface area contributed by atoms with Gasteiger partial charge in [-0.2, -0.15) is 0 Å². The van der Waals surface area contributed by atoms with Crippen molar-refractivity contribution in [2.75, 3.05) is 33.4 Å². The minimum absolute atomic E-state index is 0.00420. The number of hydrogen-bond acceptors (Lipinski definition) is 5. The fourth-order valence-corrected chi connectivity index (χ4v) is 3.05. The number of morpholine rings is 1. The van der Waals surface area contributed by atoms with E-state index in [2.05, 4.69) is 4.98 Å². The molecule has 1 atom stereocenters. The highest BCUT2D eigenvalue weighted by atomic mass is 16.5. The van der Waals surface area contributed by atoms with Crippen LogP contribution in [0.1, 0.15) is 27.1 Å². The van der Waals surface area contributed by atoms with Gasteiger partial charge in [-0.1, -0.05) is 12.1 Å². The van der Waals surface area contributed by atoms with Gasteiger partial charge in [0.15, 0.2) is 0 Å². The second-order valence-electron chi connectivity index (χ2n) is 6.43. The van der Waals surface area contributed by atoms with Crippen molar-refractivity contribution in [1.82, 2.24) is 9.88 Å². The minimum atomic E-state index is -0.522. The van der Waals surface area contributed by atoms with Crippen LogP contribution in [0.5, 0.6) is 0 Å². The van der Waals surface area contributed by atoms with Gasteiger partial charge in [-0.05, 0) is 30.2 Å².